The second-order valence-electron chi connectivity index (χ2n) is 4.81. The first-order valence-electron chi connectivity index (χ1n) is 7.26. The van der Waals surface area contributed by atoms with Crippen molar-refractivity contribution in [2.24, 2.45) is 7.05 Å². The highest BCUT2D eigenvalue weighted by Gasteiger charge is 1.98. The van der Waals surface area contributed by atoms with Crippen molar-refractivity contribution in [1.82, 2.24) is 15.0 Å². The minimum atomic E-state index is 0.850. The second-order valence-corrected chi connectivity index (χ2v) is 4.81. The van der Waals surface area contributed by atoms with Gasteiger partial charge in [-0.15, -0.1) is 5.10 Å². The zero-order chi connectivity index (χ0) is 13.1. The van der Waals surface area contributed by atoms with Crippen molar-refractivity contribution in [1.29, 1.82) is 0 Å². The van der Waals surface area contributed by atoms with Gasteiger partial charge < -0.3 is 4.74 Å². The fourth-order valence-corrected chi connectivity index (χ4v) is 2.05. The van der Waals surface area contributed by atoms with Crippen LogP contribution in [0.25, 0.3) is 0 Å². The molecule has 0 spiro atoms. The lowest BCUT2D eigenvalue weighted by Gasteiger charge is -2.02. The van der Waals surface area contributed by atoms with E-state index in [4.69, 9.17) is 4.74 Å². The van der Waals surface area contributed by atoms with Gasteiger partial charge in [-0.1, -0.05) is 37.3 Å². The predicted octanol–water partition coefficient (Wildman–Crippen LogP) is 3.12. The molecule has 0 aliphatic heterocycles. The van der Waals surface area contributed by atoms with Crippen molar-refractivity contribution < 1.29 is 4.74 Å². The Balaban J connectivity index is 1.81. The molecule has 1 aromatic heterocycles. The summed E-state index contributed by atoms with van der Waals surface area (Å²) in [6.45, 7) is 3.84. The normalized spacial score (nSPS) is 11.0. The third-order valence-corrected chi connectivity index (χ3v) is 3.08. The number of hydrogen-bond donors (Lipinski definition) is 0. The molecule has 18 heavy (non-hydrogen) atoms. The van der Waals surface area contributed by atoms with Crippen molar-refractivity contribution in [3.05, 3.63) is 11.9 Å². The Kier molecular flexibility index (Phi) is 8.47. The van der Waals surface area contributed by atoms with Crippen molar-refractivity contribution in [2.75, 3.05) is 13.2 Å². The highest BCUT2D eigenvalue weighted by atomic mass is 16.5. The van der Waals surface area contributed by atoms with Gasteiger partial charge in [-0.3, -0.25) is 4.68 Å². The Morgan fingerprint density at radius 2 is 1.72 bits per heavy atom. The van der Waals surface area contributed by atoms with E-state index in [0.29, 0.717) is 0 Å². The number of hydrogen-bond acceptors (Lipinski definition) is 3. The van der Waals surface area contributed by atoms with E-state index in [-0.39, 0.29) is 0 Å². The third-order valence-electron chi connectivity index (χ3n) is 3.08. The molecule has 0 saturated heterocycles. The number of aryl methyl sites for hydroxylation is 2. The lowest BCUT2D eigenvalue weighted by atomic mass is 10.1. The van der Waals surface area contributed by atoms with Gasteiger partial charge in [-0.05, 0) is 26.2 Å². The average molecular weight is 253 g/mol. The molecule has 0 N–H and O–H groups in total. The van der Waals surface area contributed by atoms with Gasteiger partial charge in [0.15, 0.2) is 0 Å². The van der Waals surface area contributed by atoms with Crippen LogP contribution in [0.15, 0.2) is 6.20 Å². The molecule has 0 radical (unpaired) electrons. The molecule has 0 unspecified atom stereocenters. The SMILES string of the molecule is CCOCCCCCCCCCc1cn(C)nn1. The maximum absolute atomic E-state index is 5.31. The minimum absolute atomic E-state index is 0.850. The summed E-state index contributed by atoms with van der Waals surface area (Å²) < 4.78 is 7.09. The van der Waals surface area contributed by atoms with Gasteiger partial charge >= 0.3 is 0 Å². The Morgan fingerprint density at radius 3 is 2.33 bits per heavy atom. The molecule has 0 bridgehead atoms. The van der Waals surface area contributed by atoms with Crippen LogP contribution < -0.4 is 0 Å². The van der Waals surface area contributed by atoms with Gasteiger partial charge in [-0.2, -0.15) is 0 Å². The van der Waals surface area contributed by atoms with E-state index in [9.17, 15) is 0 Å². The van der Waals surface area contributed by atoms with Gasteiger partial charge in [0.2, 0.25) is 0 Å². The molecule has 4 heteroatoms. The molecule has 1 aromatic rings. The Bertz CT molecular complexity index is 299. The minimum Gasteiger partial charge on any atom is -0.382 e. The summed E-state index contributed by atoms with van der Waals surface area (Å²) in [4.78, 5) is 0. The lowest BCUT2D eigenvalue weighted by molar-refractivity contribution is 0.143. The van der Waals surface area contributed by atoms with Crippen molar-refractivity contribution >= 4 is 0 Å². The highest BCUT2D eigenvalue weighted by molar-refractivity contribution is 4.91. The molecule has 0 atom stereocenters. The number of ether oxygens (including phenoxy) is 1. The van der Waals surface area contributed by atoms with Crippen LogP contribution in [-0.2, 0) is 18.2 Å². The van der Waals surface area contributed by atoms with Gasteiger partial charge in [0.25, 0.3) is 0 Å². The van der Waals surface area contributed by atoms with Gasteiger partial charge in [0.05, 0.1) is 5.69 Å². The zero-order valence-electron chi connectivity index (χ0n) is 11.9. The van der Waals surface area contributed by atoms with E-state index < -0.39 is 0 Å². The predicted molar refractivity (Wildman–Crippen MR) is 73.5 cm³/mol. The monoisotopic (exact) mass is 253 g/mol. The fourth-order valence-electron chi connectivity index (χ4n) is 2.05. The Hall–Kier alpha value is -0.900. The summed E-state index contributed by atoms with van der Waals surface area (Å²) in [6, 6.07) is 0. The first-order chi connectivity index (χ1) is 8.83. The van der Waals surface area contributed by atoms with E-state index in [0.717, 1.165) is 25.3 Å². The largest absolute Gasteiger partial charge is 0.382 e. The molecular weight excluding hydrogens is 226 g/mol. The smallest absolute Gasteiger partial charge is 0.0827 e. The molecule has 1 rings (SSSR count). The lowest BCUT2D eigenvalue weighted by Crippen LogP contribution is -1.93. The van der Waals surface area contributed by atoms with Crippen LogP contribution in [0.5, 0.6) is 0 Å². The first-order valence-corrected chi connectivity index (χ1v) is 7.26. The van der Waals surface area contributed by atoms with Crippen LogP contribution >= 0.6 is 0 Å². The molecule has 104 valence electrons. The highest BCUT2D eigenvalue weighted by Crippen LogP contribution is 2.09. The summed E-state index contributed by atoms with van der Waals surface area (Å²) in [7, 11) is 1.92. The van der Waals surface area contributed by atoms with Crippen LogP contribution in [0.1, 0.15) is 57.6 Å². The summed E-state index contributed by atoms with van der Waals surface area (Å²) in [5.74, 6) is 0. The quantitative estimate of drug-likeness (QED) is 0.569. The molecule has 0 fully saturated rings. The average Bonchev–Trinajstić information content (AvgIpc) is 2.77. The van der Waals surface area contributed by atoms with Gasteiger partial charge in [0.1, 0.15) is 0 Å². The van der Waals surface area contributed by atoms with Crippen molar-refractivity contribution in [3.8, 4) is 0 Å². The number of rotatable bonds is 11. The van der Waals surface area contributed by atoms with Crippen LogP contribution in [0.3, 0.4) is 0 Å². The number of unbranched alkanes of at least 4 members (excludes halogenated alkanes) is 6. The van der Waals surface area contributed by atoms with Gasteiger partial charge in [0, 0.05) is 26.5 Å². The molecule has 0 amide bonds. The molecule has 0 aliphatic rings. The Labute approximate surface area is 111 Å². The summed E-state index contributed by atoms with van der Waals surface area (Å²) in [5.41, 5.74) is 1.12. The van der Waals surface area contributed by atoms with Crippen molar-refractivity contribution in [2.45, 2.75) is 58.3 Å². The standard InChI is InChI=1S/C14H27N3O/c1-3-18-12-10-8-6-4-5-7-9-11-14-13-17(2)16-15-14/h13H,3-12H2,1-2H3. The summed E-state index contributed by atoms with van der Waals surface area (Å²) in [5, 5.41) is 8.03. The first kappa shape index (κ1) is 15.2. The molecule has 1 heterocycles. The van der Waals surface area contributed by atoms with E-state index in [1.54, 1.807) is 4.68 Å². The molecule has 0 saturated carbocycles. The maximum Gasteiger partial charge on any atom is 0.0827 e. The third kappa shape index (κ3) is 7.43. The summed E-state index contributed by atoms with van der Waals surface area (Å²) >= 11 is 0. The second kappa shape index (κ2) is 10.1. The van der Waals surface area contributed by atoms with Gasteiger partial charge in [-0.25, -0.2) is 0 Å². The van der Waals surface area contributed by atoms with E-state index in [1.165, 1.54) is 44.9 Å². The fraction of sp³-hybridized carbons (Fsp3) is 0.857. The summed E-state index contributed by atoms with van der Waals surface area (Å²) in [6.07, 6.45) is 12.2. The van der Waals surface area contributed by atoms with Crippen LogP contribution in [0, 0.1) is 0 Å². The van der Waals surface area contributed by atoms with Crippen molar-refractivity contribution in [3.63, 3.8) is 0 Å². The topological polar surface area (TPSA) is 39.9 Å². The Morgan fingerprint density at radius 1 is 1.06 bits per heavy atom. The maximum atomic E-state index is 5.31. The van der Waals surface area contributed by atoms with Crippen LogP contribution in [-0.4, -0.2) is 28.2 Å². The number of aromatic nitrogens is 3. The molecular formula is C14H27N3O. The van der Waals surface area contributed by atoms with Crippen LogP contribution in [0.2, 0.25) is 0 Å². The number of nitrogens with zero attached hydrogens (tertiary/aromatic N) is 3. The van der Waals surface area contributed by atoms with E-state index >= 15 is 0 Å². The van der Waals surface area contributed by atoms with E-state index in [1.807, 2.05) is 13.2 Å². The molecule has 4 nitrogen and oxygen atoms in total. The van der Waals surface area contributed by atoms with E-state index in [2.05, 4.69) is 17.2 Å². The molecule has 0 aliphatic carbocycles. The van der Waals surface area contributed by atoms with Crippen LogP contribution in [0.4, 0.5) is 0 Å². The molecule has 0 aromatic carbocycles. The zero-order valence-corrected chi connectivity index (χ0v) is 11.9.